The molecule has 10 heteroatoms. The molecule has 0 spiro atoms. The summed E-state index contributed by atoms with van der Waals surface area (Å²) in [5.41, 5.74) is -4.75. The summed E-state index contributed by atoms with van der Waals surface area (Å²) in [4.78, 5) is 12.1. The summed E-state index contributed by atoms with van der Waals surface area (Å²) >= 11 is 0. The Morgan fingerprint density at radius 3 is 2.31 bits per heavy atom. The molecular formula is C25H30F3NO5S. The van der Waals surface area contributed by atoms with Gasteiger partial charge in [-0.1, -0.05) is 39.0 Å². The van der Waals surface area contributed by atoms with Crippen LogP contribution in [-0.4, -0.2) is 39.1 Å². The van der Waals surface area contributed by atoms with E-state index in [4.69, 9.17) is 8.92 Å². The maximum atomic E-state index is 15.7. The van der Waals surface area contributed by atoms with Gasteiger partial charge in [0, 0.05) is 5.56 Å². The highest BCUT2D eigenvalue weighted by atomic mass is 32.2. The normalized spacial score (nSPS) is 22.4. The lowest BCUT2D eigenvalue weighted by molar-refractivity contribution is -0.216. The highest BCUT2D eigenvalue weighted by Crippen LogP contribution is 2.48. The molecule has 1 aliphatic rings. The van der Waals surface area contributed by atoms with Gasteiger partial charge in [-0.25, -0.2) is 13.2 Å². The van der Waals surface area contributed by atoms with Crippen molar-refractivity contribution in [3.05, 3.63) is 53.8 Å². The molecule has 0 saturated carbocycles. The second-order valence-corrected chi connectivity index (χ2v) is 12.2. The molecule has 0 radical (unpaired) electrons. The number of hydrogen-bond acceptors (Lipinski definition) is 5. The van der Waals surface area contributed by atoms with Crippen LogP contribution in [-0.2, 0) is 29.4 Å². The van der Waals surface area contributed by atoms with E-state index in [-0.39, 0.29) is 17.1 Å². The predicted molar refractivity (Wildman–Crippen MR) is 125 cm³/mol. The SMILES string of the molecule is CC(C)(C)COS(=O)(=O)c1cccc(-c2ccc(F)c([C@@]3(C)NC(=O)COC(C)(C)C3(F)F)c2)c1. The average molecular weight is 514 g/mol. The van der Waals surface area contributed by atoms with Crippen LogP contribution >= 0.6 is 0 Å². The molecule has 0 unspecified atom stereocenters. The zero-order chi connectivity index (χ0) is 26.4. The second kappa shape index (κ2) is 8.90. The van der Waals surface area contributed by atoms with Gasteiger partial charge in [-0.05, 0) is 61.6 Å². The number of halogens is 3. The Kier molecular flexibility index (Phi) is 6.91. The molecule has 1 amide bonds. The number of benzene rings is 2. The van der Waals surface area contributed by atoms with Gasteiger partial charge in [-0.2, -0.15) is 8.42 Å². The highest BCUT2D eigenvalue weighted by molar-refractivity contribution is 7.86. The van der Waals surface area contributed by atoms with Crippen molar-refractivity contribution in [2.45, 2.75) is 63.5 Å². The smallest absolute Gasteiger partial charge is 0.302 e. The molecule has 1 heterocycles. The van der Waals surface area contributed by atoms with Gasteiger partial charge in [-0.3, -0.25) is 8.98 Å². The number of carbonyl (C=O) groups excluding carboxylic acids is 1. The lowest BCUT2D eigenvalue weighted by atomic mass is 9.77. The van der Waals surface area contributed by atoms with Crippen LogP contribution in [0.4, 0.5) is 13.2 Å². The van der Waals surface area contributed by atoms with Gasteiger partial charge in [0.1, 0.15) is 23.6 Å². The van der Waals surface area contributed by atoms with Crippen molar-refractivity contribution in [1.82, 2.24) is 5.32 Å². The van der Waals surface area contributed by atoms with Crippen molar-refractivity contribution < 1.29 is 35.3 Å². The third-order valence-electron chi connectivity index (χ3n) is 5.95. The summed E-state index contributed by atoms with van der Waals surface area (Å²) in [5, 5.41) is 2.23. The van der Waals surface area contributed by atoms with Crippen LogP contribution in [0.25, 0.3) is 11.1 Å². The van der Waals surface area contributed by atoms with E-state index in [9.17, 15) is 13.2 Å². The van der Waals surface area contributed by atoms with Crippen LogP contribution < -0.4 is 5.32 Å². The van der Waals surface area contributed by atoms with Crippen LogP contribution in [0.2, 0.25) is 0 Å². The van der Waals surface area contributed by atoms with Crippen molar-refractivity contribution in [2.24, 2.45) is 5.41 Å². The monoisotopic (exact) mass is 513 g/mol. The van der Waals surface area contributed by atoms with Crippen LogP contribution in [0.5, 0.6) is 0 Å². The van der Waals surface area contributed by atoms with Crippen molar-refractivity contribution in [2.75, 3.05) is 13.2 Å². The first kappa shape index (κ1) is 27.2. The Labute approximate surface area is 203 Å². The quantitative estimate of drug-likeness (QED) is 0.568. The van der Waals surface area contributed by atoms with E-state index in [0.29, 0.717) is 5.56 Å². The minimum Gasteiger partial charge on any atom is -0.359 e. The minimum atomic E-state index is -4.09. The first-order valence-corrected chi connectivity index (χ1v) is 12.4. The summed E-state index contributed by atoms with van der Waals surface area (Å²) in [7, 11) is -4.09. The lowest BCUT2D eigenvalue weighted by Gasteiger charge is -2.43. The fourth-order valence-electron chi connectivity index (χ4n) is 3.81. The van der Waals surface area contributed by atoms with E-state index < -0.39 is 56.5 Å². The van der Waals surface area contributed by atoms with Gasteiger partial charge in [0.05, 0.1) is 11.5 Å². The molecule has 1 fully saturated rings. The molecule has 2 aromatic carbocycles. The number of nitrogens with one attached hydrogen (secondary N) is 1. The third kappa shape index (κ3) is 5.24. The Bertz CT molecular complexity index is 1240. The highest BCUT2D eigenvalue weighted by Gasteiger charge is 2.64. The van der Waals surface area contributed by atoms with E-state index in [1.54, 1.807) is 6.07 Å². The third-order valence-corrected chi connectivity index (χ3v) is 7.21. The Morgan fingerprint density at radius 2 is 1.69 bits per heavy atom. The molecule has 1 atom stereocenters. The minimum absolute atomic E-state index is 0.0365. The molecule has 192 valence electrons. The van der Waals surface area contributed by atoms with E-state index in [0.717, 1.165) is 26.8 Å². The summed E-state index contributed by atoms with van der Waals surface area (Å²) in [6, 6.07) is 9.27. The average Bonchev–Trinajstić information content (AvgIpc) is 2.81. The fourth-order valence-corrected chi connectivity index (χ4v) is 4.97. The molecule has 35 heavy (non-hydrogen) atoms. The Morgan fingerprint density at radius 1 is 1.06 bits per heavy atom. The van der Waals surface area contributed by atoms with Gasteiger partial charge >= 0.3 is 5.92 Å². The molecule has 0 bridgehead atoms. The molecule has 1 N–H and O–H groups in total. The van der Waals surface area contributed by atoms with Gasteiger partial charge in [0.25, 0.3) is 10.1 Å². The van der Waals surface area contributed by atoms with Crippen LogP contribution in [0.1, 0.15) is 47.1 Å². The van der Waals surface area contributed by atoms with E-state index in [2.05, 4.69) is 5.32 Å². The van der Waals surface area contributed by atoms with Crippen LogP contribution in [0.3, 0.4) is 0 Å². The molecule has 3 rings (SSSR count). The number of ether oxygens (including phenoxy) is 1. The van der Waals surface area contributed by atoms with E-state index in [1.807, 2.05) is 20.8 Å². The predicted octanol–water partition coefficient (Wildman–Crippen LogP) is 5.02. The molecule has 2 aromatic rings. The Hall–Kier alpha value is -2.43. The summed E-state index contributed by atoms with van der Waals surface area (Å²) in [5.74, 6) is -5.48. The lowest BCUT2D eigenvalue weighted by Crippen LogP contribution is -2.62. The summed E-state index contributed by atoms with van der Waals surface area (Å²) in [6.45, 7) is 8.16. The summed E-state index contributed by atoms with van der Waals surface area (Å²) < 4.78 is 82.0. The summed E-state index contributed by atoms with van der Waals surface area (Å²) in [6.07, 6.45) is 0. The number of amides is 1. The molecule has 1 saturated heterocycles. The maximum Gasteiger partial charge on any atom is 0.302 e. The van der Waals surface area contributed by atoms with Crippen molar-refractivity contribution in [3.8, 4) is 11.1 Å². The molecule has 0 aliphatic carbocycles. The molecular weight excluding hydrogens is 483 g/mol. The van der Waals surface area contributed by atoms with E-state index >= 15 is 13.2 Å². The van der Waals surface area contributed by atoms with Crippen LogP contribution in [0, 0.1) is 11.2 Å². The molecule has 0 aromatic heterocycles. The fraction of sp³-hybridized carbons (Fsp3) is 0.480. The molecule has 1 aliphatic heterocycles. The van der Waals surface area contributed by atoms with Crippen molar-refractivity contribution in [3.63, 3.8) is 0 Å². The standard InChI is InChI=1S/C25H30F3NO5S/c1-22(2,3)15-34-35(31,32)18-9-7-8-16(12-18)17-10-11-20(26)19(13-17)24(6)25(27,28)23(4,5)33-14-21(30)29-24/h7-13H,14-15H2,1-6H3,(H,29,30)/t24-/m1/s1. The van der Waals surface area contributed by atoms with Gasteiger partial charge in [-0.15, -0.1) is 0 Å². The first-order chi connectivity index (χ1) is 15.9. The zero-order valence-electron chi connectivity index (χ0n) is 20.5. The largest absolute Gasteiger partial charge is 0.359 e. The number of alkyl halides is 2. The first-order valence-electron chi connectivity index (χ1n) is 11.0. The number of hydrogen-bond donors (Lipinski definition) is 1. The van der Waals surface area contributed by atoms with Gasteiger partial charge < -0.3 is 10.1 Å². The maximum absolute atomic E-state index is 15.7. The topological polar surface area (TPSA) is 81.7 Å². The second-order valence-electron chi connectivity index (χ2n) is 10.5. The zero-order valence-corrected chi connectivity index (χ0v) is 21.4. The van der Waals surface area contributed by atoms with E-state index in [1.165, 1.54) is 30.3 Å². The van der Waals surface area contributed by atoms with Gasteiger partial charge in [0.15, 0.2) is 0 Å². The van der Waals surface area contributed by atoms with Crippen LogP contribution in [0.15, 0.2) is 47.4 Å². The Balaban J connectivity index is 2.09. The van der Waals surface area contributed by atoms with Crippen molar-refractivity contribution >= 4 is 16.0 Å². The number of rotatable bonds is 5. The van der Waals surface area contributed by atoms with Gasteiger partial charge in [0.2, 0.25) is 5.91 Å². The van der Waals surface area contributed by atoms with Crippen molar-refractivity contribution in [1.29, 1.82) is 0 Å². The molecule has 6 nitrogen and oxygen atoms in total. The number of carbonyl (C=O) groups is 1.